The van der Waals surface area contributed by atoms with E-state index in [0.717, 1.165) is 0 Å². The first-order valence-electron chi connectivity index (χ1n) is 2.97. The summed E-state index contributed by atoms with van der Waals surface area (Å²) in [6, 6.07) is -0.655. The number of amides is 1. The molecule has 0 unspecified atom stereocenters. The minimum Gasteiger partial charge on any atom is -0.320 e. The Morgan fingerprint density at radius 1 is 1.60 bits per heavy atom. The molecule has 5 nitrogen and oxygen atoms in total. The molecule has 0 aliphatic carbocycles. The van der Waals surface area contributed by atoms with Gasteiger partial charge in [-0.2, -0.15) is 0 Å². The number of rotatable bonds is 3. The van der Waals surface area contributed by atoms with Crippen LogP contribution in [0.1, 0.15) is 13.8 Å². The first-order chi connectivity index (χ1) is 4.59. The Morgan fingerprint density at radius 3 is 2.40 bits per heavy atom. The Labute approximate surface area is 58.9 Å². The molecule has 1 atom stereocenters. The maximum Gasteiger partial charge on any atom is 0.259 e. The summed E-state index contributed by atoms with van der Waals surface area (Å²) in [5, 5.41) is 2.21. The number of nitrogens with zero attached hydrogens (tertiary/aromatic N) is 1. The average molecular weight is 145 g/mol. The van der Waals surface area contributed by atoms with Gasteiger partial charge in [-0.3, -0.25) is 4.79 Å². The second kappa shape index (κ2) is 3.94. The Balaban J connectivity index is 3.81. The molecule has 0 saturated heterocycles. The van der Waals surface area contributed by atoms with Gasteiger partial charge in [0.25, 0.3) is 5.91 Å². The maximum absolute atomic E-state index is 10.7. The summed E-state index contributed by atoms with van der Waals surface area (Å²) in [5.74, 6) is -0.522. The molecule has 0 fully saturated rings. The van der Waals surface area contributed by atoms with Gasteiger partial charge in [0, 0.05) is 0 Å². The molecule has 0 aromatic carbocycles. The summed E-state index contributed by atoms with van der Waals surface area (Å²) < 4.78 is 0. The van der Waals surface area contributed by atoms with E-state index < -0.39 is 11.9 Å². The number of carbonyl (C=O) groups is 1. The molecule has 5 heteroatoms. The summed E-state index contributed by atoms with van der Waals surface area (Å²) in [5.41, 5.74) is 7.07. The topological polar surface area (TPSA) is 84.6 Å². The van der Waals surface area contributed by atoms with Crippen LogP contribution in [0, 0.1) is 10.8 Å². The number of nitrogens with one attached hydrogen (secondary N) is 1. The zero-order chi connectivity index (χ0) is 8.15. The maximum atomic E-state index is 10.7. The third-order valence-corrected chi connectivity index (χ3v) is 1.18. The zero-order valence-electron chi connectivity index (χ0n) is 6.00. The van der Waals surface area contributed by atoms with E-state index in [0.29, 0.717) is 0 Å². The van der Waals surface area contributed by atoms with Crippen molar-refractivity contribution < 1.29 is 4.79 Å². The molecule has 0 spiro atoms. The summed E-state index contributed by atoms with van der Waals surface area (Å²) >= 11 is 0. The van der Waals surface area contributed by atoms with Crippen LogP contribution >= 0.6 is 0 Å². The first kappa shape index (κ1) is 9.03. The van der Waals surface area contributed by atoms with Gasteiger partial charge >= 0.3 is 0 Å². The van der Waals surface area contributed by atoms with E-state index in [1.165, 1.54) is 0 Å². The van der Waals surface area contributed by atoms with Crippen molar-refractivity contribution in [3.05, 3.63) is 4.91 Å². The van der Waals surface area contributed by atoms with Crippen LogP contribution in [0.5, 0.6) is 0 Å². The van der Waals surface area contributed by atoms with E-state index in [2.05, 4.69) is 5.29 Å². The molecule has 0 aliphatic rings. The van der Waals surface area contributed by atoms with Crippen LogP contribution in [-0.2, 0) is 4.79 Å². The second-order valence-corrected chi connectivity index (χ2v) is 2.34. The van der Waals surface area contributed by atoms with Gasteiger partial charge in [-0.15, -0.1) is 4.91 Å². The van der Waals surface area contributed by atoms with E-state index >= 15 is 0 Å². The van der Waals surface area contributed by atoms with Crippen LogP contribution in [-0.4, -0.2) is 11.9 Å². The quantitative estimate of drug-likeness (QED) is 0.425. The standard InChI is InChI=1S/C5H11N3O2/c1-3(2)4(6)5(9)7-8-10/h3-4H,6H2,1-2H3,(H,7,9,10)/t4-/m0/s1. The predicted octanol–water partition coefficient (Wildman–Crippen LogP) is -0.233. The highest BCUT2D eigenvalue weighted by Gasteiger charge is 2.16. The van der Waals surface area contributed by atoms with E-state index in [1.54, 1.807) is 19.3 Å². The van der Waals surface area contributed by atoms with Gasteiger partial charge in [-0.25, -0.2) is 5.43 Å². The molecule has 0 aromatic rings. The molecule has 1 amide bonds. The van der Waals surface area contributed by atoms with Crippen molar-refractivity contribution in [3.63, 3.8) is 0 Å². The fourth-order valence-corrected chi connectivity index (χ4v) is 0.422. The number of hydrogen-bond acceptors (Lipinski definition) is 4. The number of carbonyl (C=O) groups excluding carboxylic acids is 1. The normalized spacial score (nSPS) is 12.8. The molecule has 3 N–H and O–H groups in total. The van der Waals surface area contributed by atoms with Crippen molar-refractivity contribution in [1.29, 1.82) is 0 Å². The molecule has 0 rings (SSSR count). The molecule has 0 aliphatic heterocycles. The molecule has 0 heterocycles. The molecule has 58 valence electrons. The second-order valence-electron chi connectivity index (χ2n) is 2.34. The van der Waals surface area contributed by atoms with Gasteiger partial charge in [-0.1, -0.05) is 13.8 Å². The fraction of sp³-hybridized carbons (Fsp3) is 0.800. The summed E-state index contributed by atoms with van der Waals surface area (Å²) in [4.78, 5) is 20.2. The molecular weight excluding hydrogens is 134 g/mol. The average Bonchev–Trinajstić information content (AvgIpc) is 1.87. The van der Waals surface area contributed by atoms with Crippen LogP contribution in [0.25, 0.3) is 0 Å². The summed E-state index contributed by atoms with van der Waals surface area (Å²) in [6.07, 6.45) is 0. The highest BCUT2D eigenvalue weighted by Crippen LogP contribution is 1.96. The number of nitroso groups, excluding NO2 is 1. The molecule has 0 saturated carbocycles. The van der Waals surface area contributed by atoms with Gasteiger partial charge in [0.2, 0.25) is 0 Å². The third-order valence-electron chi connectivity index (χ3n) is 1.18. The van der Waals surface area contributed by atoms with Crippen LogP contribution < -0.4 is 11.2 Å². The van der Waals surface area contributed by atoms with E-state index in [1.807, 2.05) is 0 Å². The van der Waals surface area contributed by atoms with Crippen LogP contribution in [0.3, 0.4) is 0 Å². The minimum absolute atomic E-state index is 0.0155. The van der Waals surface area contributed by atoms with Crippen molar-refractivity contribution in [2.45, 2.75) is 19.9 Å². The highest BCUT2D eigenvalue weighted by atomic mass is 16.3. The molecule has 10 heavy (non-hydrogen) atoms. The lowest BCUT2D eigenvalue weighted by atomic mass is 10.1. The van der Waals surface area contributed by atoms with Gasteiger partial charge in [0.1, 0.15) is 0 Å². The van der Waals surface area contributed by atoms with Gasteiger partial charge in [-0.05, 0) is 5.92 Å². The summed E-state index contributed by atoms with van der Waals surface area (Å²) in [7, 11) is 0. The zero-order valence-corrected chi connectivity index (χ0v) is 6.00. The lowest BCUT2D eigenvalue weighted by Crippen LogP contribution is -2.41. The Morgan fingerprint density at radius 2 is 2.10 bits per heavy atom. The Bertz CT molecular complexity index is 135. The smallest absolute Gasteiger partial charge is 0.259 e. The fourth-order valence-electron chi connectivity index (χ4n) is 0.422. The van der Waals surface area contributed by atoms with Crippen molar-refractivity contribution in [3.8, 4) is 0 Å². The Hall–Kier alpha value is -0.970. The van der Waals surface area contributed by atoms with Crippen molar-refractivity contribution in [1.82, 2.24) is 5.43 Å². The number of hydrogen-bond donors (Lipinski definition) is 2. The Kier molecular flexibility index (Phi) is 3.56. The molecule has 0 bridgehead atoms. The van der Waals surface area contributed by atoms with Crippen LogP contribution in [0.15, 0.2) is 5.29 Å². The van der Waals surface area contributed by atoms with E-state index in [-0.39, 0.29) is 5.92 Å². The minimum atomic E-state index is -0.655. The lowest BCUT2D eigenvalue weighted by molar-refractivity contribution is -0.123. The van der Waals surface area contributed by atoms with Gasteiger partial charge in [0.05, 0.1) is 11.3 Å². The number of nitrogens with two attached hydrogens (primary N) is 1. The molecule has 0 radical (unpaired) electrons. The monoisotopic (exact) mass is 145 g/mol. The van der Waals surface area contributed by atoms with Crippen molar-refractivity contribution in [2.75, 3.05) is 0 Å². The summed E-state index contributed by atoms with van der Waals surface area (Å²) in [6.45, 7) is 3.57. The van der Waals surface area contributed by atoms with E-state index in [9.17, 15) is 9.70 Å². The molecule has 0 aromatic heterocycles. The largest absolute Gasteiger partial charge is 0.320 e. The SMILES string of the molecule is CC(C)[C@H](N)C(=O)NN=O. The van der Waals surface area contributed by atoms with Crippen LogP contribution in [0.4, 0.5) is 0 Å². The van der Waals surface area contributed by atoms with Crippen LogP contribution in [0.2, 0.25) is 0 Å². The van der Waals surface area contributed by atoms with Gasteiger partial charge < -0.3 is 5.73 Å². The van der Waals surface area contributed by atoms with Gasteiger partial charge in [0.15, 0.2) is 0 Å². The molecular formula is C5H11N3O2. The lowest BCUT2D eigenvalue weighted by Gasteiger charge is -2.11. The highest BCUT2D eigenvalue weighted by molar-refractivity contribution is 5.81. The van der Waals surface area contributed by atoms with E-state index in [4.69, 9.17) is 5.73 Å². The first-order valence-corrected chi connectivity index (χ1v) is 2.97. The third kappa shape index (κ3) is 2.54. The van der Waals surface area contributed by atoms with Crippen molar-refractivity contribution in [2.24, 2.45) is 16.9 Å². The predicted molar refractivity (Wildman–Crippen MR) is 36.8 cm³/mol. The van der Waals surface area contributed by atoms with Crippen molar-refractivity contribution >= 4 is 5.91 Å².